The number of nitrogens with one attached hydrogen (secondary N) is 1. The molecule has 0 aliphatic rings. The second-order valence-corrected chi connectivity index (χ2v) is 5.72. The standard InChI is InChI=1S/C6H11N2O4PS/c1-6(2,4-7)8-5(9)3-12-13(10,11)14/h3H2,1-2H3,(H,8,9)(H2,10,11,14). The summed E-state index contributed by atoms with van der Waals surface area (Å²) >= 11 is 4.13. The van der Waals surface area contributed by atoms with Gasteiger partial charge in [0.1, 0.15) is 12.1 Å². The number of carbonyl (C=O) groups is 1. The molecule has 14 heavy (non-hydrogen) atoms. The van der Waals surface area contributed by atoms with E-state index in [-0.39, 0.29) is 0 Å². The van der Waals surface area contributed by atoms with Crippen LogP contribution in [0, 0.1) is 11.3 Å². The third kappa shape index (κ3) is 6.95. The average Bonchev–Trinajstić information content (AvgIpc) is 1.99. The zero-order valence-corrected chi connectivity index (χ0v) is 9.43. The van der Waals surface area contributed by atoms with E-state index in [2.05, 4.69) is 21.6 Å². The maximum atomic E-state index is 11.0. The molecule has 0 aromatic carbocycles. The molecule has 0 saturated carbocycles. The van der Waals surface area contributed by atoms with Gasteiger partial charge in [-0.1, -0.05) is 0 Å². The summed E-state index contributed by atoms with van der Waals surface area (Å²) in [5.74, 6) is -0.631. The molecule has 0 aliphatic carbocycles. The van der Waals surface area contributed by atoms with Gasteiger partial charge in [-0.3, -0.25) is 9.32 Å². The van der Waals surface area contributed by atoms with E-state index in [4.69, 9.17) is 15.0 Å². The summed E-state index contributed by atoms with van der Waals surface area (Å²) in [5, 5.41) is 10.9. The van der Waals surface area contributed by atoms with Gasteiger partial charge >= 0.3 is 6.72 Å². The van der Waals surface area contributed by atoms with Crippen LogP contribution >= 0.6 is 6.72 Å². The zero-order valence-electron chi connectivity index (χ0n) is 7.72. The number of nitrogens with zero attached hydrogens (tertiary/aromatic N) is 1. The van der Waals surface area contributed by atoms with Crippen molar-refractivity contribution in [2.45, 2.75) is 19.4 Å². The van der Waals surface area contributed by atoms with Gasteiger partial charge in [-0.2, -0.15) is 5.26 Å². The molecule has 6 nitrogen and oxygen atoms in total. The van der Waals surface area contributed by atoms with Crippen molar-refractivity contribution in [3.63, 3.8) is 0 Å². The van der Waals surface area contributed by atoms with E-state index in [1.54, 1.807) is 0 Å². The summed E-state index contributed by atoms with van der Waals surface area (Å²) in [6, 6.07) is 1.84. The molecular formula is C6H11N2O4PS. The van der Waals surface area contributed by atoms with E-state index >= 15 is 0 Å². The largest absolute Gasteiger partial charge is 0.336 e. The smallest absolute Gasteiger partial charge is 0.322 e. The van der Waals surface area contributed by atoms with Gasteiger partial charge in [-0.25, -0.2) is 0 Å². The van der Waals surface area contributed by atoms with Crippen LogP contribution in [0.3, 0.4) is 0 Å². The van der Waals surface area contributed by atoms with E-state index in [1.165, 1.54) is 13.8 Å². The SMILES string of the molecule is CC(C)(C#N)NC(=O)COP(O)(O)=S. The normalized spacial score (nSPS) is 11.9. The van der Waals surface area contributed by atoms with Crippen LogP contribution in [0.5, 0.6) is 0 Å². The van der Waals surface area contributed by atoms with Gasteiger partial charge in [0, 0.05) is 0 Å². The van der Waals surface area contributed by atoms with Gasteiger partial charge in [0.05, 0.1) is 6.07 Å². The second kappa shape index (κ2) is 4.82. The van der Waals surface area contributed by atoms with E-state index in [0.29, 0.717) is 0 Å². The lowest BCUT2D eigenvalue weighted by Gasteiger charge is -2.17. The van der Waals surface area contributed by atoms with Crippen molar-refractivity contribution in [1.29, 1.82) is 5.26 Å². The maximum Gasteiger partial charge on any atom is 0.322 e. The minimum Gasteiger partial charge on any atom is -0.336 e. The summed E-state index contributed by atoms with van der Waals surface area (Å²) in [7, 11) is 0. The van der Waals surface area contributed by atoms with Gasteiger partial charge in [0.25, 0.3) is 0 Å². The van der Waals surface area contributed by atoms with Gasteiger partial charge in [0.2, 0.25) is 5.91 Å². The van der Waals surface area contributed by atoms with E-state index in [1.807, 2.05) is 6.07 Å². The number of carbonyl (C=O) groups excluding carboxylic acids is 1. The Morgan fingerprint density at radius 2 is 2.21 bits per heavy atom. The number of hydrogen-bond donors (Lipinski definition) is 3. The zero-order chi connectivity index (χ0) is 11.4. The van der Waals surface area contributed by atoms with Crippen LogP contribution < -0.4 is 5.32 Å². The highest BCUT2D eigenvalue weighted by atomic mass is 32.5. The first-order valence-electron chi connectivity index (χ1n) is 3.59. The Morgan fingerprint density at radius 1 is 1.71 bits per heavy atom. The quantitative estimate of drug-likeness (QED) is 0.577. The monoisotopic (exact) mass is 238 g/mol. The fourth-order valence-corrected chi connectivity index (χ4v) is 0.999. The van der Waals surface area contributed by atoms with Crippen molar-refractivity contribution in [2.75, 3.05) is 6.61 Å². The summed E-state index contributed by atoms with van der Waals surface area (Å²) in [6.45, 7) is -1.38. The summed E-state index contributed by atoms with van der Waals surface area (Å²) in [5.41, 5.74) is -1.02. The van der Waals surface area contributed by atoms with Crippen molar-refractivity contribution in [1.82, 2.24) is 5.32 Å². The highest BCUT2D eigenvalue weighted by Gasteiger charge is 2.20. The van der Waals surface area contributed by atoms with Gasteiger partial charge in [-0.15, -0.1) is 0 Å². The van der Waals surface area contributed by atoms with Gasteiger partial charge in [0.15, 0.2) is 0 Å². The van der Waals surface area contributed by atoms with Crippen molar-refractivity contribution in [3.8, 4) is 6.07 Å². The lowest BCUT2D eigenvalue weighted by atomic mass is 10.1. The molecule has 0 atom stereocenters. The Hall–Kier alpha value is -0.510. The van der Waals surface area contributed by atoms with Gasteiger partial charge in [-0.05, 0) is 25.7 Å². The number of nitriles is 1. The lowest BCUT2D eigenvalue weighted by molar-refractivity contribution is -0.124. The molecular weight excluding hydrogens is 227 g/mol. The molecule has 0 spiro atoms. The fourth-order valence-electron chi connectivity index (χ4n) is 0.555. The van der Waals surface area contributed by atoms with Crippen LogP contribution in [-0.2, 0) is 21.1 Å². The van der Waals surface area contributed by atoms with Gasteiger partial charge < -0.3 is 15.1 Å². The Labute approximate surface area is 86.7 Å². The van der Waals surface area contributed by atoms with E-state index in [0.717, 1.165) is 0 Å². The number of rotatable bonds is 4. The molecule has 1 amide bonds. The molecule has 0 heterocycles. The number of amides is 1. The summed E-state index contributed by atoms with van der Waals surface area (Å²) < 4.78 is 4.30. The Balaban J connectivity index is 4.03. The molecule has 0 unspecified atom stereocenters. The third-order valence-electron chi connectivity index (χ3n) is 1.10. The Bertz CT molecular complexity index is 305. The van der Waals surface area contributed by atoms with Crippen molar-refractivity contribution in [3.05, 3.63) is 0 Å². The van der Waals surface area contributed by atoms with Crippen LogP contribution in [0.2, 0.25) is 0 Å². The molecule has 3 N–H and O–H groups in total. The van der Waals surface area contributed by atoms with Crippen molar-refractivity contribution >= 4 is 24.4 Å². The molecule has 0 radical (unpaired) electrons. The number of hydrogen-bond acceptors (Lipinski definition) is 4. The first kappa shape index (κ1) is 13.5. The molecule has 80 valence electrons. The highest BCUT2D eigenvalue weighted by molar-refractivity contribution is 8.06. The third-order valence-corrected chi connectivity index (χ3v) is 1.88. The van der Waals surface area contributed by atoms with Crippen LogP contribution in [0.25, 0.3) is 0 Å². The molecule has 0 aromatic heterocycles. The van der Waals surface area contributed by atoms with Crippen LogP contribution in [-0.4, -0.2) is 27.8 Å². The fraction of sp³-hybridized carbons (Fsp3) is 0.667. The first-order valence-corrected chi connectivity index (χ1v) is 6.21. The first-order chi connectivity index (χ1) is 6.16. The highest BCUT2D eigenvalue weighted by Crippen LogP contribution is 2.35. The van der Waals surface area contributed by atoms with Crippen LogP contribution in [0.1, 0.15) is 13.8 Å². The minimum absolute atomic E-state index is 0.574. The lowest BCUT2D eigenvalue weighted by Crippen LogP contribution is -2.43. The van der Waals surface area contributed by atoms with Crippen molar-refractivity contribution < 1.29 is 19.1 Å². The van der Waals surface area contributed by atoms with Crippen LogP contribution in [0.15, 0.2) is 0 Å². The second-order valence-electron chi connectivity index (χ2n) is 3.05. The predicted octanol–water partition coefficient (Wildman–Crippen LogP) is -0.370. The Morgan fingerprint density at radius 3 is 2.57 bits per heavy atom. The summed E-state index contributed by atoms with van der Waals surface area (Å²) in [4.78, 5) is 28.3. The van der Waals surface area contributed by atoms with Crippen LogP contribution in [0.4, 0.5) is 0 Å². The average molecular weight is 238 g/mol. The molecule has 0 rings (SSSR count). The minimum atomic E-state index is -3.80. The van der Waals surface area contributed by atoms with Crippen molar-refractivity contribution in [2.24, 2.45) is 0 Å². The van der Waals surface area contributed by atoms with E-state index < -0.39 is 24.8 Å². The molecule has 8 heteroatoms. The molecule has 0 fully saturated rings. The molecule has 0 bridgehead atoms. The molecule has 0 aliphatic heterocycles. The molecule has 0 aromatic rings. The predicted molar refractivity (Wildman–Crippen MR) is 52.5 cm³/mol. The summed E-state index contributed by atoms with van der Waals surface area (Å²) in [6.07, 6.45) is 0. The maximum absolute atomic E-state index is 11.0. The topological polar surface area (TPSA) is 103 Å². The van der Waals surface area contributed by atoms with E-state index in [9.17, 15) is 4.79 Å². The Kier molecular flexibility index (Phi) is 4.65. The molecule has 0 saturated heterocycles.